The van der Waals surface area contributed by atoms with Gasteiger partial charge < -0.3 is 0 Å². The van der Waals surface area contributed by atoms with E-state index in [4.69, 9.17) is 33.2 Å². The van der Waals surface area contributed by atoms with Crippen LogP contribution in [0, 0.1) is 0 Å². The first-order valence-electron chi connectivity index (χ1n) is 2.89. The highest BCUT2D eigenvalue weighted by Gasteiger charge is 2.23. The standard InChI is InChI=1S/C4H11Cl3Si2/c1-4(8-5)3-9(2,6)7/h4H,3,8H2,1-2H3. The molecule has 0 N–H and O–H groups in total. The number of halogens is 3. The van der Waals surface area contributed by atoms with Gasteiger partial charge in [0.05, 0.1) is 0 Å². The van der Waals surface area contributed by atoms with Crippen LogP contribution >= 0.6 is 33.2 Å². The minimum absolute atomic E-state index is 0.403. The summed E-state index contributed by atoms with van der Waals surface area (Å²) >= 11 is 17.5. The number of hydrogen-bond acceptors (Lipinski definition) is 0. The van der Waals surface area contributed by atoms with E-state index in [0.29, 0.717) is 5.54 Å². The molecule has 0 heterocycles. The third kappa shape index (κ3) is 7.20. The summed E-state index contributed by atoms with van der Waals surface area (Å²) in [6.07, 6.45) is 0. The van der Waals surface area contributed by atoms with Crippen molar-refractivity contribution in [1.29, 1.82) is 0 Å². The average molecular weight is 222 g/mol. The summed E-state index contributed by atoms with van der Waals surface area (Å²) in [6, 6.07) is 0.950. The summed E-state index contributed by atoms with van der Waals surface area (Å²) in [4.78, 5) is 0. The zero-order valence-corrected chi connectivity index (χ0v) is 10.3. The van der Waals surface area contributed by atoms with E-state index in [1.807, 2.05) is 6.55 Å². The molecule has 0 saturated carbocycles. The lowest BCUT2D eigenvalue weighted by Crippen LogP contribution is -2.15. The Morgan fingerprint density at radius 2 is 2.00 bits per heavy atom. The van der Waals surface area contributed by atoms with E-state index < -0.39 is 15.5 Å². The Morgan fingerprint density at radius 1 is 1.56 bits per heavy atom. The lowest BCUT2D eigenvalue weighted by Gasteiger charge is -2.13. The first-order chi connectivity index (χ1) is 3.95. The summed E-state index contributed by atoms with van der Waals surface area (Å²) in [5.74, 6) is 0. The first-order valence-corrected chi connectivity index (χ1v) is 10.6. The molecule has 0 aromatic heterocycles. The van der Waals surface area contributed by atoms with Crippen molar-refractivity contribution in [2.45, 2.75) is 25.1 Å². The van der Waals surface area contributed by atoms with Crippen LogP contribution in [0.2, 0.25) is 18.1 Å². The highest BCUT2D eigenvalue weighted by Crippen LogP contribution is 2.27. The Bertz CT molecular complexity index is 80.4. The van der Waals surface area contributed by atoms with Gasteiger partial charge in [0.2, 0.25) is 6.69 Å². The molecule has 0 amide bonds. The topological polar surface area (TPSA) is 0 Å². The van der Waals surface area contributed by atoms with Crippen LogP contribution in [-0.2, 0) is 0 Å². The highest BCUT2D eigenvalue weighted by molar-refractivity contribution is 7.45. The molecule has 0 saturated heterocycles. The molecular weight excluding hydrogens is 211 g/mol. The van der Waals surface area contributed by atoms with Crippen molar-refractivity contribution in [1.82, 2.24) is 0 Å². The summed E-state index contributed by atoms with van der Waals surface area (Å²) in [5.41, 5.74) is 0.596. The predicted molar refractivity (Wildman–Crippen MR) is 52.0 cm³/mol. The molecule has 0 aromatic rings. The molecule has 0 nitrogen and oxygen atoms in total. The van der Waals surface area contributed by atoms with Gasteiger partial charge in [0.15, 0.2) is 0 Å². The normalized spacial score (nSPS) is 17.0. The SMILES string of the molecule is CC(C[Si](C)(Cl)Cl)[SiH2]Cl. The van der Waals surface area contributed by atoms with Crippen molar-refractivity contribution >= 4 is 48.8 Å². The average Bonchev–Trinajstić information content (AvgIpc) is 1.62. The van der Waals surface area contributed by atoms with Gasteiger partial charge in [0.1, 0.15) is 8.83 Å². The van der Waals surface area contributed by atoms with Gasteiger partial charge in [0, 0.05) is 0 Å². The molecule has 1 unspecified atom stereocenters. The van der Waals surface area contributed by atoms with Crippen LogP contribution in [0.15, 0.2) is 0 Å². The molecular formula is C4H11Cl3Si2. The van der Waals surface area contributed by atoms with Gasteiger partial charge in [-0.2, -0.15) is 11.1 Å². The molecule has 9 heavy (non-hydrogen) atoms. The Balaban J connectivity index is 3.47. The molecule has 0 aliphatic heterocycles. The third-order valence-electron chi connectivity index (χ3n) is 0.970. The zero-order valence-electron chi connectivity index (χ0n) is 5.63. The molecule has 1 atom stereocenters. The number of rotatable bonds is 3. The Hall–Kier alpha value is 1.30. The van der Waals surface area contributed by atoms with E-state index in [9.17, 15) is 0 Å². The second-order valence-electron chi connectivity index (χ2n) is 2.53. The van der Waals surface area contributed by atoms with Crippen LogP contribution < -0.4 is 0 Å². The molecule has 5 heteroatoms. The maximum Gasteiger partial charge on any atom is 0.248 e. The van der Waals surface area contributed by atoms with E-state index in [1.54, 1.807) is 0 Å². The fourth-order valence-corrected chi connectivity index (χ4v) is 7.72. The van der Waals surface area contributed by atoms with Crippen LogP contribution in [0.5, 0.6) is 0 Å². The predicted octanol–water partition coefficient (Wildman–Crippen LogP) is 2.67. The molecule has 0 rings (SSSR count). The molecule has 56 valence electrons. The van der Waals surface area contributed by atoms with Crippen molar-refractivity contribution in [3.63, 3.8) is 0 Å². The maximum absolute atomic E-state index is 5.87. The smallest absolute Gasteiger partial charge is 0.176 e. The minimum Gasteiger partial charge on any atom is -0.176 e. The van der Waals surface area contributed by atoms with E-state index in [-0.39, 0.29) is 0 Å². The van der Waals surface area contributed by atoms with E-state index in [2.05, 4.69) is 6.92 Å². The molecule has 0 radical (unpaired) electrons. The van der Waals surface area contributed by atoms with Crippen LogP contribution in [0.25, 0.3) is 0 Å². The van der Waals surface area contributed by atoms with Crippen molar-refractivity contribution < 1.29 is 0 Å². The quantitative estimate of drug-likeness (QED) is 0.508. The van der Waals surface area contributed by atoms with Gasteiger partial charge in [0.25, 0.3) is 0 Å². The molecule has 0 spiro atoms. The molecule has 0 aliphatic rings. The lowest BCUT2D eigenvalue weighted by molar-refractivity contribution is 1.05. The summed E-state index contributed by atoms with van der Waals surface area (Å²) < 4.78 is 0. The van der Waals surface area contributed by atoms with Crippen molar-refractivity contribution in [2.24, 2.45) is 0 Å². The summed E-state index contributed by atoms with van der Waals surface area (Å²) in [5, 5.41) is 0. The van der Waals surface area contributed by atoms with E-state index >= 15 is 0 Å². The van der Waals surface area contributed by atoms with Gasteiger partial charge in [-0.25, -0.2) is 0 Å². The van der Waals surface area contributed by atoms with Gasteiger partial charge in [-0.3, -0.25) is 0 Å². The molecule has 0 bridgehead atoms. The van der Waals surface area contributed by atoms with Gasteiger partial charge in [-0.1, -0.05) is 6.92 Å². The summed E-state index contributed by atoms with van der Waals surface area (Å²) in [6.45, 7) is 2.21. The molecule has 0 aliphatic carbocycles. The molecule has 0 aromatic carbocycles. The van der Waals surface area contributed by atoms with Crippen molar-refractivity contribution in [3.8, 4) is 0 Å². The lowest BCUT2D eigenvalue weighted by atomic mass is 10.6. The Morgan fingerprint density at radius 3 is 2.11 bits per heavy atom. The third-order valence-corrected chi connectivity index (χ3v) is 6.28. The Kier molecular flexibility index (Phi) is 4.85. The second-order valence-corrected chi connectivity index (χ2v) is 13.3. The maximum atomic E-state index is 5.87. The largest absolute Gasteiger partial charge is 0.248 e. The monoisotopic (exact) mass is 220 g/mol. The van der Waals surface area contributed by atoms with Crippen molar-refractivity contribution in [2.75, 3.05) is 0 Å². The van der Waals surface area contributed by atoms with Crippen LogP contribution in [0.4, 0.5) is 0 Å². The fraction of sp³-hybridized carbons (Fsp3) is 1.00. The van der Waals surface area contributed by atoms with E-state index in [1.165, 1.54) is 0 Å². The van der Waals surface area contributed by atoms with Crippen molar-refractivity contribution in [3.05, 3.63) is 0 Å². The van der Waals surface area contributed by atoms with Gasteiger partial charge >= 0.3 is 0 Å². The Labute approximate surface area is 73.8 Å². The second kappa shape index (κ2) is 4.24. The fourth-order valence-electron chi connectivity index (χ4n) is 0.666. The van der Waals surface area contributed by atoms with Crippen LogP contribution in [0.3, 0.4) is 0 Å². The zero-order chi connectivity index (χ0) is 7.49. The number of hydrogen-bond donors (Lipinski definition) is 0. The van der Waals surface area contributed by atoms with Gasteiger partial charge in [-0.15, -0.1) is 22.2 Å². The van der Waals surface area contributed by atoms with Gasteiger partial charge in [-0.05, 0) is 18.1 Å². The van der Waals surface area contributed by atoms with E-state index in [0.717, 1.165) is 6.04 Å². The highest BCUT2D eigenvalue weighted by atomic mass is 35.7. The molecule has 0 fully saturated rings. The first kappa shape index (κ1) is 10.3. The van der Waals surface area contributed by atoms with Crippen LogP contribution in [0.1, 0.15) is 6.92 Å². The van der Waals surface area contributed by atoms with Crippen LogP contribution in [-0.4, -0.2) is 15.5 Å². The minimum atomic E-state index is -1.85. The summed E-state index contributed by atoms with van der Waals surface area (Å²) in [7, 11) is -0.403.